The smallest absolute Gasteiger partial charge is 0.171 e. The van der Waals surface area contributed by atoms with Crippen LogP contribution in [0.4, 0.5) is 5.82 Å². The number of nitrogens with zero attached hydrogens (tertiary/aromatic N) is 4. The van der Waals surface area contributed by atoms with Crippen molar-refractivity contribution in [1.82, 2.24) is 19.6 Å². The lowest BCUT2D eigenvalue weighted by atomic mass is 9.89. The third-order valence-corrected chi connectivity index (χ3v) is 4.33. The molecule has 7 heteroatoms. The molecule has 3 heterocycles. The van der Waals surface area contributed by atoms with Crippen LogP contribution in [-0.2, 0) is 13.0 Å². The van der Waals surface area contributed by atoms with Crippen LogP contribution in [0.1, 0.15) is 25.1 Å². The topological polar surface area (TPSA) is 75.3 Å². The van der Waals surface area contributed by atoms with Crippen molar-refractivity contribution in [3.05, 3.63) is 52.5 Å². The van der Waals surface area contributed by atoms with E-state index in [1.54, 1.807) is 16.9 Å². The summed E-state index contributed by atoms with van der Waals surface area (Å²) in [5.41, 5.74) is 2.54. The van der Waals surface area contributed by atoms with Crippen LogP contribution < -0.4 is 5.32 Å². The molecule has 0 aliphatic heterocycles. The number of fused-ring (bicyclic) bond motifs is 1. The summed E-state index contributed by atoms with van der Waals surface area (Å²) in [5.74, 6) is 0.860. The minimum Gasteiger partial charge on any atom is -0.396 e. The van der Waals surface area contributed by atoms with Gasteiger partial charge in [0.05, 0.1) is 10.7 Å². The van der Waals surface area contributed by atoms with E-state index < -0.39 is 0 Å². The summed E-state index contributed by atoms with van der Waals surface area (Å²) in [5, 5.41) is 17.3. The second kappa shape index (κ2) is 6.86. The van der Waals surface area contributed by atoms with Gasteiger partial charge >= 0.3 is 0 Å². The predicted octanol–water partition coefficient (Wildman–Crippen LogP) is 3.06. The number of aromatic nitrogens is 4. The lowest BCUT2D eigenvalue weighted by molar-refractivity contribution is 0.158. The van der Waals surface area contributed by atoms with Crippen molar-refractivity contribution in [3.63, 3.8) is 0 Å². The van der Waals surface area contributed by atoms with Gasteiger partial charge in [0.1, 0.15) is 5.82 Å². The number of aliphatic hydroxyl groups excluding tert-OH is 1. The zero-order valence-corrected chi connectivity index (χ0v) is 15.3. The molecule has 0 aliphatic carbocycles. The largest absolute Gasteiger partial charge is 0.396 e. The summed E-state index contributed by atoms with van der Waals surface area (Å²) < 4.78 is 2.62. The molecule has 3 aromatic rings. The molecule has 0 aromatic carbocycles. The van der Waals surface area contributed by atoms with E-state index in [-0.39, 0.29) is 12.0 Å². The fourth-order valence-corrected chi connectivity index (χ4v) is 2.79. The molecule has 3 aromatic heterocycles. The van der Waals surface area contributed by atoms with E-state index in [2.05, 4.69) is 36.3 Å². The van der Waals surface area contributed by atoms with Crippen LogP contribution >= 0.6 is 15.9 Å². The average molecular weight is 390 g/mol. The van der Waals surface area contributed by atoms with Crippen molar-refractivity contribution >= 4 is 27.4 Å². The van der Waals surface area contributed by atoms with Crippen molar-refractivity contribution in [2.75, 3.05) is 11.9 Å². The molecule has 0 spiro atoms. The Morgan fingerprint density at radius 3 is 2.88 bits per heavy atom. The van der Waals surface area contributed by atoms with E-state index in [9.17, 15) is 5.11 Å². The number of halogens is 1. The number of anilines is 1. The first kappa shape index (κ1) is 16.9. The first-order valence-electron chi connectivity index (χ1n) is 7.75. The van der Waals surface area contributed by atoms with E-state index in [1.165, 1.54) is 0 Å². The molecule has 0 saturated carbocycles. The molecule has 24 heavy (non-hydrogen) atoms. The van der Waals surface area contributed by atoms with Gasteiger partial charge in [0, 0.05) is 37.3 Å². The summed E-state index contributed by atoms with van der Waals surface area (Å²) >= 11 is 3.49. The van der Waals surface area contributed by atoms with Gasteiger partial charge in [-0.1, -0.05) is 19.9 Å². The highest BCUT2D eigenvalue weighted by molar-refractivity contribution is 9.10. The van der Waals surface area contributed by atoms with Crippen LogP contribution in [0, 0.1) is 5.41 Å². The average Bonchev–Trinajstić information content (AvgIpc) is 2.95. The van der Waals surface area contributed by atoms with Gasteiger partial charge in [-0.05, 0) is 39.4 Å². The van der Waals surface area contributed by atoms with Gasteiger partial charge < -0.3 is 10.4 Å². The SMILES string of the molecule is CC(C)(CO)Cc1cc(NCc2cccnc2)n2ncc(Br)c2n1. The summed E-state index contributed by atoms with van der Waals surface area (Å²) in [6.45, 7) is 4.80. The first-order valence-corrected chi connectivity index (χ1v) is 8.55. The molecule has 2 N–H and O–H groups in total. The molecule has 3 rings (SSSR count). The van der Waals surface area contributed by atoms with Crippen LogP contribution in [0.15, 0.2) is 41.3 Å². The van der Waals surface area contributed by atoms with Crippen molar-refractivity contribution < 1.29 is 5.11 Å². The highest BCUT2D eigenvalue weighted by atomic mass is 79.9. The molecule has 0 aliphatic rings. The van der Waals surface area contributed by atoms with Gasteiger partial charge in [-0.2, -0.15) is 9.61 Å². The summed E-state index contributed by atoms with van der Waals surface area (Å²) in [6.07, 6.45) is 6.01. The molecular weight excluding hydrogens is 370 g/mol. The second-order valence-corrected chi connectivity index (χ2v) is 7.43. The normalized spacial score (nSPS) is 11.8. The Kier molecular flexibility index (Phi) is 4.82. The highest BCUT2D eigenvalue weighted by Crippen LogP contribution is 2.25. The zero-order chi connectivity index (χ0) is 17.2. The lowest BCUT2D eigenvalue weighted by Gasteiger charge is -2.21. The molecule has 0 fully saturated rings. The molecule has 0 atom stereocenters. The van der Waals surface area contributed by atoms with Gasteiger partial charge in [0.25, 0.3) is 0 Å². The molecular formula is C17H20BrN5O. The summed E-state index contributed by atoms with van der Waals surface area (Å²) in [6, 6.07) is 5.92. The first-order chi connectivity index (χ1) is 11.5. The molecule has 0 saturated heterocycles. The van der Waals surface area contributed by atoms with Crippen LogP contribution in [0.5, 0.6) is 0 Å². The molecule has 6 nitrogen and oxygen atoms in total. The number of nitrogens with one attached hydrogen (secondary N) is 1. The molecule has 0 amide bonds. The molecule has 0 bridgehead atoms. The number of aliphatic hydroxyl groups is 1. The van der Waals surface area contributed by atoms with Gasteiger partial charge in [0.15, 0.2) is 5.65 Å². The fraction of sp³-hybridized carbons (Fsp3) is 0.353. The lowest BCUT2D eigenvalue weighted by Crippen LogP contribution is -2.21. The summed E-state index contributed by atoms with van der Waals surface area (Å²) in [7, 11) is 0. The Balaban J connectivity index is 1.93. The van der Waals surface area contributed by atoms with Crippen LogP contribution in [0.25, 0.3) is 5.65 Å². The Labute approximate surface area is 149 Å². The van der Waals surface area contributed by atoms with E-state index in [1.807, 2.05) is 38.2 Å². The van der Waals surface area contributed by atoms with Gasteiger partial charge in [-0.3, -0.25) is 4.98 Å². The Hall–Kier alpha value is -1.99. The second-order valence-electron chi connectivity index (χ2n) is 6.57. The van der Waals surface area contributed by atoms with E-state index in [4.69, 9.17) is 0 Å². The highest BCUT2D eigenvalue weighted by Gasteiger charge is 2.20. The monoisotopic (exact) mass is 389 g/mol. The molecule has 0 unspecified atom stereocenters. The minimum atomic E-state index is -0.224. The number of rotatable bonds is 6. The maximum Gasteiger partial charge on any atom is 0.171 e. The van der Waals surface area contributed by atoms with Crippen LogP contribution in [-0.4, -0.2) is 31.3 Å². The molecule has 0 radical (unpaired) electrons. The number of pyridine rings is 1. The van der Waals surface area contributed by atoms with Crippen LogP contribution in [0.2, 0.25) is 0 Å². The third kappa shape index (κ3) is 3.73. The van der Waals surface area contributed by atoms with E-state index >= 15 is 0 Å². The van der Waals surface area contributed by atoms with Gasteiger partial charge in [-0.25, -0.2) is 4.98 Å². The Morgan fingerprint density at radius 2 is 2.17 bits per heavy atom. The maximum atomic E-state index is 9.53. The van der Waals surface area contributed by atoms with Gasteiger partial charge in [-0.15, -0.1) is 0 Å². The fourth-order valence-electron chi connectivity index (χ4n) is 2.44. The van der Waals surface area contributed by atoms with E-state index in [0.29, 0.717) is 13.0 Å². The number of hydrogen-bond acceptors (Lipinski definition) is 5. The molecule has 126 valence electrons. The summed E-state index contributed by atoms with van der Waals surface area (Å²) in [4.78, 5) is 8.80. The van der Waals surface area contributed by atoms with Crippen LogP contribution in [0.3, 0.4) is 0 Å². The zero-order valence-electron chi connectivity index (χ0n) is 13.7. The standard InChI is InChI=1S/C17H20BrN5O/c1-17(2,11-24)7-13-6-15(20-9-12-4-3-5-19-8-12)23-16(22-13)14(18)10-21-23/h3-6,8,10,20,24H,7,9,11H2,1-2H3. The Bertz CT molecular complexity index is 832. The maximum absolute atomic E-state index is 9.53. The van der Waals surface area contributed by atoms with E-state index in [0.717, 1.165) is 27.2 Å². The van der Waals surface area contributed by atoms with Crippen molar-refractivity contribution in [2.45, 2.75) is 26.8 Å². The van der Waals surface area contributed by atoms with Crippen molar-refractivity contribution in [2.24, 2.45) is 5.41 Å². The van der Waals surface area contributed by atoms with Crippen molar-refractivity contribution in [1.29, 1.82) is 0 Å². The number of hydrogen-bond donors (Lipinski definition) is 2. The Morgan fingerprint density at radius 1 is 1.33 bits per heavy atom. The minimum absolute atomic E-state index is 0.110. The quantitative estimate of drug-likeness (QED) is 0.677. The van der Waals surface area contributed by atoms with Gasteiger partial charge in [0.2, 0.25) is 0 Å². The van der Waals surface area contributed by atoms with Crippen molar-refractivity contribution in [3.8, 4) is 0 Å². The third-order valence-electron chi connectivity index (χ3n) is 3.77. The predicted molar refractivity (Wildman–Crippen MR) is 96.8 cm³/mol.